The normalized spacial score (nSPS) is 17.5. The smallest absolute Gasteiger partial charge is 0.266 e. The molecule has 24 heavy (non-hydrogen) atoms. The fraction of sp³-hybridized carbons (Fsp3) is 0.111. The van der Waals surface area contributed by atoms with Crippen LogP contribution in [0.2, 0.25) is 5.02 Å². The summed E-state index contributed by atoms with van der Waals surface area (Å²) in [5, 5.41) is 13.0. The van der Waals surface area contributed by atoms with Gasteiger partial charge in [0.1, 0.15) is 17.8 Å². The molecular formula is C18H14ClN3OS. The summed E-state index contributed by atoms with van der Waals surface area (Å²) >= 11 is 10.8. The molecule has 1 atom stereocenters. The summed E-state index contributed by atoms with van der Waals surface area (Å²) in [6.45, 7) is 1.96. The van der Waals surface area contributed by atoms with Crippen LogP contribution < -0.4 is 10.2 Å². The van der Waals surface area contributed by atoms with Gasteiger partial charge in [0.2, 0.25) is 0 Å². The van der Waals surface area contributed by atoms with E-state index in [-0.39, 0.29) is 5.57 Å². The maximum absolute atomic E-state index is 12.3. The van der Waals surface area contributed by atoms with Gasteiger partial charge < -0.3 is 10.2 Å². The second-order valence-corrected chi connectivity index (χ2v) is 6.20. The number of benzene rings is 2. The molecule has 120 valence electrons. The summed E-state index contributed by atoms with van der Waals surface area (Å²) in [5.74, 6) is -0.461. The highest BCUT2D eigenvalue weighted by Crippen LogP contribution is 2.38. The zero-order valence-corrected chi connectivity index (χ0v) is 14.5. The van der Waals surface area contributed by atoms with E-state index in [4.69, 9.17) is 11.6 Å². The number of halogens is 1. The molecule has 3 rings (SSSR count). The summed E-state index contributed by atoms with van der Waals surface area (Å²) in [5.41, 5.74) is 2.55. The first-order valence-electron chi connectivity index (χ1n) is 7.28. The van der Waals surface area contributed by atoms with E-state index in [2.05, 4.69) is 17.9 Å². The molecule has 0 radical (unpaired) electrons. The van der Waals surface area contributed by atoms with Crippen molar-refractivity contribution < 1.29 is 4.79 Å². The van der Waals surface area contributed by atoms with E-state index in [0.29, 0.717) is 10.1 Å². The van der Waals surface area contributed by atoms with Crippen LogP contribution in [0, 0.1) is 18.3 Å². The Balaban J connectivity index is 2.23. The first-order valence-corrected chi connectivity index (χ1v) is 8.10. The number of hydrogen-bond acceptors (Lipinski definition) is 4. The first-order chi connectivity index (χ1) is 11.5. The minimum Gasteiger partial charge on any atom is -0.327 e. The molecule has 2 aromatic carbocycles. The molecule has 0 bridgehead atoms. The molecule has 6 heteroatoms. The second kappa shape index (κ2) is 6.60. The zero-order valence-electron chi connectivity index (χ0n) is 12.8. The van der Waals surface area contributed by atoms with Crippen molar-refractivity contribution in [2.24, 2.45) is 0 Å². The Kier molecular flexibility index (Phi) is 4.52. The third-order valence-electron chi connectivity index (χ3n) is 3.89. The highest BCUT2D eigenvalue weighted by molar-refractivity contribution is 7.84. The highest BCUT2D eigenvalue weighted by Gasteiger charge is 2.35. The van der Waals surface area contributed by atoms with Crippen molar-refractivity contribution >= 4 is 35.8 Å². The number of para-hydroxylation sites is 1. The van der Waals surface area contributed by atoms with Crippen LogP contribution in [0.4, 0.5) is 5.69 Å². The van der Waals surface area contributed by atoms with Gasteiger partial charge in [-0.15, -0.1) is 12.6 Å². The number of thiol groups is 1. The molecule has 0 fully saturated rings. The number of aryl methyl sites for hydroxylation is 1. The van der Waals surface area contributed by atoms with E-state index in [1.165, 1.54) is 0 Å². The number of anilines is 1. The van der Waals surface area contributed by atoms with E-state index in [0.717, 1.165) is 16.8 Å². The average molecular weight is 356 g/mol. The van der Waals surface area contributed by atoms with Crippen LogP contribution in [0.25, 0.3) is 0 Å². The molecule has 4 nitrogen and oxygen atoms in total. The van der Waals surface area contributed by atoms with Crippen molar-refractivity contribution in [3.05, 3.63) is 75.3 Å². The van der Waals surface area contributed by atoms with Crippen LogP contribution in [0.1, 0.15) is 17.3 Å². The van der Waals surface area contributed by atoms with Gasteiger partial charge in [0.05, 0.1) is 5.03 Å². The summed E-state index contributed by atoms with van der Waals surface area (Å²) in [7, 11) is 0. The highest BCUT2D eigenvalue weighted by atomic mass is 35.5. The van der Waals surface area contributed by atoms with Gasteiger partial charge in [-0.3, -0.25) is 4.79 Å². The third kappa shape index (κ3) is 2.75. The maximum Gasteiger partial charge on any atom is 0.266 e. The summed E-state index contributed by atoms with van der Waals surface area (Å²) < 4.78 is 0. The summed E-state index contributed by atoms with van der Waals surface area (Å²) in [6, 6.07) is 16.9. The molecule has 1 amide bonds. The van der Waals surface area contributed by atoms with Gasteiger partial charge >= 0.3 is 0 Å². The predicted molar refractivity (Wildman–Crippen MR) is 97.6 cm³/mol. The summed E-state index contributed by atoms with van der Waals surface area (Å²) in [4.78, 5) is 14.1. The Bertz CT molecular complexity index is 888. The molecule has 1 N–H and O–H groups in total. The van der Waals surface area contributed by atoms with Crippen molar-refractivity contribution in [3.63, 3.8) is 0 Å². The van der Waals surface area contributed by atoms with Gasteiger partial charge in [0.25, 0.3) is 5.91 Å². The standard InChI is InChI=1S/C18H14ClN3OS/c1-11-6-2-5-9-15(11)22-16(12-7-3-4-8-14(12)19)21-17(23)13(10-20)18(22)24/h2-9,16,24H,1H3,(H,21,23)/t16-/m0/s1. The Morgan fingerprint density at radius 1 is 1.21 bits per heavy atom. The van der Waals surface area contributed by atoms with Gasteiger partial charge in [-0.25, -0.2) is 0 Å². The largest absolute Gasteiger partial charge is 0.327 e. The minimum absolute atomic E-state index is 0.0233. The minimum atomic E-state index is -0.545. The average Bonchev–Trinajstić information content (AvgIpc) is 2.56. The topological polar surface area (TPSA) is 56.1 Å². The van der Waals surface area contributed by atoms with E-state index in [1.54, 1.807) is 6.07 Å². The monoisotopic (exact) mass is 355 g/mol. The zero-order chi connectivity index (χ0) is 17.3. The van der Waals surface area contributed by atoms with Gasteiger partial charge in [0, 0.05) is 16.3 Å². The number of hydrogen-bond donors (Lipinski definition) is 2. The van der Waals surface area contributed by atoms with Gasteiger partial charge in [-0.1, -0.05) is 48.0 Å². The molecule has 0 spiro atoms. The number of nitriles is 1. The van der Waals surface area contributed by atoms with Crippen LogP contribution in [0.15, 0.2) is 59.1 Å². The van der Waals surface area contributed by atoms with Crippen LogP contribution in [0.5, 0.6) is 0 Å². The number of nitrogens with zero attached hydrogens (tertiary/aromatic N) is 2. The van der Waals surface area contributed by atoms with Crippen LogP contribution in [-0.2, 0) is 4.79 Å². The molecule has 0 unspecified atom stereocenters. The van der Waals surface area contributed by atoms with Crippen LogP contribution >= 0.6 is 24.2 Å². The molecule has 0 saturated carbocycles. The lowest BCUT2D eigenvalue weighted by molar-refractivity contribution is -0.118. The van der Waals surface area contributed by atoms with Crippen LogP contribution in [0.3, 0.4) is 0 Å². The van der Waals surface area contributed by atoms with Crippen molar-refractivity contribution in [1.29, 1.82) is 5.26 Å². The number of carbonyl (C=O) groups excluding carboxylic acids is 1. The molecule has 1 aliphatic heterocycles. The molecule has 2 aromatic rings. The Hall–Kier alpha value is -2.42. The SMILES string of the molecule is Cc1ccccc1N1C(S)=C(C#N)C(=O)N[C@@H]1c1ccccc1Cl. The van der Waals surface area contributed by atoms with E-state index in [9.17, 15) is 10.1 Å². The van der Waals surface area contributed by atoms with E-state index >= 15 is 0 Å². The molecule has 1 aliphatic rings. The van der Waals surface area contributed by atoms with E-state index in [1.807, 2.05) is 60.4 Å². The van der Waals surface area contributed by atoms with Gasteiger partial charge in [-0.05, 0) is 24.6 Å². The van der Waals surface area contributed by atoms with Crippen molar-refractivity contribution in [2.75, 3.05) is 4.90 Å². The Morgan fingerprint density at radius 3 is 2.54 bits per heavy atom. The predicted octanol–water partition coefficient (Wildman–Crippen LogP) is 3.95. The molecular weight excluding hydrogens is 342 g/mol. The van der Waals surface area contributed by atoms with Gasteiger partial charge in [0.15, 0.2) is 0 Å². The Labute approximate surface area is 150 Å². The second-order valence-electron chi connectivity index (χ2n) is 5.36. The first kappa shape index (κ1) is 16.4. The molecule has 0 aliphatic carbocycles. The van der Waals surface area contributed by atoms with Crippen molar-refractivity contribution in [3.8, 4) is 6.07 Å². The molecule has 1 heterocycles. The number of carbonyl (C=O) groups is 1. The lowest BCUT2D eigenvalue weighted by atomic mass is 10.1. The van der Waals surface area contributed by atoms with Crippen molar-refractivity contribution in [2.45, 2.75) is 13.1 Å². The van der Waals surface area contributed by atoms with E-state index < -0.39 is 12.1 Å². The van der Waals surface area contributed by atoms with Crippen LogP contribution in [-0.4, -0.2) is 5.91 Å². The van der Waals surface area contributed by atoms with Crippen molar-refractivity contribution in [1.82, 2.24) is 5.32 Å². The lowest BCUT2D eigenvalue weighted by Gasteiger charge is -2.39. The number of nitrogens with one attached hydrogen (secondary N) is 1. The lowest BCUT2D eigenvalue weighted by Crippen LogP contribution is -2.46. The maximum atomic E-state index is 12.3. The quantitative estimate of drug-likeness (QED) is 0.802. The summed E-state index contributed by atoms with van der Waals surface area (Å²) in [6.07, 6.45) is -0.545. The fourth-order valence-electron chi connectivity index (χ4n) is 2.71. The Morgan fingerprint density at radius 2 is 1.88 bits per heavy atom. The van der Waals surface area contributed by atoms with Gasteiger partial charge in [-0.2, -0.15) is 5.26 Å². The third-order valence-corrected chi connectivity index (χ3v) is 4.67. The molecule has 0 aromatic heterocycles. The molecule has 0 saturated heterocycles. The number of amides is 1. The fourth-order valence-corrected chi connectivity index (χ4v) is 3.32. The number of rotatable bonds is 2.